The molecule has 0 saturated carbocycles. The number of rotatable bonds is 3. The molecule has 3 N–H and O–H groups in total. The van der Waals surface area contributed by atoms with Crippen LogP contribution in [0.4, 0.5) is 18.9 Å². The number of hydrogen-bond donors (Lipinski definition) is 3. The van der Waals surface area contributed by atoms with Gasteiger partial charge in [0.25, 0.3) is 0 Å². The third kappa shape index (κ3) is 6.83. The molecular weight excluding hydrogens is 459 g/mol. The first-order valence-corrected chi connectivity index (χ1v) is 10.5. The Morgan fingerprint density at radius 2 is 1.91 bits per heavy atom. The van der Waals surface area contributed by atoms with Crippen LogP contribution in [0.2, 0.25) is 0 Å². The lowest BCUT2D eigenvalue weighted by molar-refractivity contribution is -0.208. The maximum absolute atomic E-state index is 12.8. The van der Waals surface area contributed by atoms with E-state index in [1.54, 1.807) is 13.8 Å². The molecule has 1 heterocycles. The number of esters is 2. The number of carbonyl (C=O) groups is 3. The number of fused-ring (bicyclic) bond motifs is 1. The van der Waals surface area contributed by atoms with Gasteiger partial charge in [0.1, 0.15) is 23.5 Å². The van der Waals surface area contributed by atoms with Gasteiger partial charge in [0.15, 0.2) is 11.9 Å². The fraction of sp³-hybridized carbons (Fsp3) is 0.435. The summed E-state index contributed by atoms with van der Waals surface area (Å²) in [5.74, 6) is -5.32. The van der Waals surface area contributed by atoms with Crippen molar-refractivity contribution in [3.05, 3.63) is 41.5 Å². The summed E-state index contributed by atoms with van der Waals surface area (Å²) in [6.07, 6.45) is -5.75. The molecule has 186 valence electrons. The predicted molar refractivity (Wildman–Crippen MR) is 116 cm³/mol. The van der Waals surface area contributed by atoms with Crippen molar-refractivity contribution in [1.82, 2.24) is 0 Å². The van der Waals surface area contributed by atoms with Crippen LogP contribution >= 0.6 is 0 Å². The van der Waals surface area contributed by atoms with Crippen molar-refractivity contribution in [1.29, 1.82) is 0 Å². The Morgan fingerprint density at radius 1 is 1.24 bits per heavy atom. The topological polar surface area (TPSA) is 122 Å². The number of alkyl halides is 3. The Hall–Kier alpha value is -3.34. The van der Waals surface area contributed by atoms with Crippen LogP contribution < -0.4 is 5.32 Å². The number of cyclic esters (lactones) is 1. The van der Waals surface area contributed by atoms with Crippen LogP contribution in [0, 0.1) is 5.92 Å². The second-order valence-electron chi connectivity index (χ2n) is 7.75. The van der Waals surface area contributed by atoms with Crippen molar-refractivity contribution in [2.24, 2.45) is 5.92 Å². The lowest BCUT2D eigenvalue weighted by atomic mass is 9.99. The third-order valence-corrected chi connectivity index (χ3v) is 5.13. The number of benzene rings is 1. The maximum Gasteiger partial charge on any atom is 0.490 e. The molecule has 11 heteroatoms. The average Bonchev–Trinajstić information content (AvgIpc) is 2.74. The first-order valence-electron chi connectivity index (χ1n) is 10.5. The van der Waals surface area contributed by atoms with Gasteiger partial charge in [0, 0.05) is 30.6 Å². The van der Waals surface area contributed by atoms with E-state index in [0.29, 0.717) is 12.2 Å². The summed E-state index contributed by atoms with van der Waals surface area (Å²) in [6.45, 7) is 5.46. The Kier molecular flexibility index (Phi) is 8.86. The van der Waals surface area contributed by atoms with Crippen molar-refractivity contribution < 1.29 is 47.2 Å². The highest BCUT2D eigenvalue weighted by atomic mass is 19.4. The lowest BCUT2D eigenvalue weighted by Gasteiger charge is -2.22. The van der Waals surface area contributed by atoms with E-state index in [2.05, 4.69) is 10.1 Å². The van der Waals surface area contributed by atoms with E-state index in [1.807, 2.05) is 6.92 Å². The molecule has 1 aromatic carbocycles. The van der Waals surface area contributed by atoms with E-state index in [9.17, 15) is 37.8 Å². The molecule has 8 nitrogen and oxygen atoms in total. The van der Waals surface area contributed by atoms with E-state index < -0.39 is 54.5 Å². The van der Waals surface area contributed by atoms with E-state index >= 15 is 0 Å². The largest absolute Gasteiger partial charge is 0.507 e. The maximum atomic E-state index is 12.8. The average molecular weight is 485 g/mol. The van der Waals surface area contributed by atoms with E-state index in [0.717, 1.165) is 6.08 Å². The van der Waals surface area contributed by atoms with Gasteiger partial charge in [-0.3, -0.25) is 4.79 Å². The molecule has 0 fully saturated rings. The SMILES string of the molecule is CCNc1cc(O)c2c(c1)/C=C/C[C@H](OC(=O)C(F)(F)F)[C@H](O)C(=O)/C=C\[C@@H](C)[C@H](C)OC2=O. The number of carbonyl (C=O) groups excluding carboxylic acids is 3. The van der Waals surface area contributed by atoms with Crippen molar-refractivity contribution in [3.8, 4) is 5.75 Å². The van der Waals surface area contributed by atoms with Gasteiger partial charge in [0.2, 0.25) is 0 Å². The molecule has 0 spiro atoms. The molecule has 0 amide bonds. The number of aliphatic hydroxyl groups is 1. The Balaban J connectivity index is 2.55. The summed E-state index contributed by atoms with van der Waals surface area (Å²) >= 11 is 0. The number of hydrogen-bond acceptors (Lipinski definition) is 8. The summed E-state index contributed by atoms with van der Waals surface area (Å²) < 4.78 is 47.9. The number of aliphatic hydroxyl groups excluding tert-OH is 1. The van der Waals surface area contributed by atoms with Crippen molar-refractivity contribution in [2.75, 3.05) is 11.9 Å². The Bertz CT molecular complexity index is 988. The number of anilines is 1. The zero-order valence-corrected chi connectivity index (χ0v) is 18.8. The first-order chi connectivity index (χ1) is 15.8. The second kappa shape index (κ2) is 11.2. The van der Waals surface area contributed by atoms with Crippen LogP contribution in [0.15, 0.2) is 30.4 Å². The highest BCUT2D eigenvalue weighted by molar-refractivity contribution is 5.98. The number of aromatic hydroxyl groups is 1. The number of ether oxygens (including phenoxy) is 2. The lowest BCUT2D eigenvalue weighted by Crippen LogP contribution is -2.40. The summed E-state index contributed by atoms with van der Waals surface area (Å²) in [6, 6.07) is 2.83. The number of phenolic OH excluding ortho intramolecular Hbond substituents is 1. The van der Waals surface area contributed by atoms with E-state index in [1.165, 1.54) is 30.4 Å². The van der Waals surface area contributed by atoms with Gasteiger partial charge in [-0.25, -0.2) is 9.59 Å². The molecule has 0 bridgehead atoms. The zero-order valence-electron chi connectivity index (χ0n) is 18.8. The number of nitrogens with one attached hydrogen (secondary N) is 1. The highest BCUT2D eigenvalue weighted by Gasteiger charge is 2.43. The number of phenols is 1. The minimum Gasteiger partial charge on any atom is -0.507 e. The molecule has 1 aromatic rings. The first kappa shape index (κ1) is 26.9. The van der Waals surface area contributed by atoms with Gasteiger partial charge in [-0.1, -0.05) is 25.2 Å². The summed E-state index contributed by atoms with van der Waals surface area (Å²) in [5, 5.41) is 23.7. The van der Waals surface area contributed by atoms with E-state index in [-0.39, 0.29) is 16.9 Å². The standard InChI is InChI=1S/C23H26F3NO7/c1-4-27-15-10-14-6-5-7-18(34-22(32)23(24,25)26)20(30)16(28)9-8-12(2)13(3)33-21(31)19(14)17(29)11-15/h5-6,8-13,18,20,27,29-30H,4,7H2,1-3H3/b6-5+,9-8-/t12-,13+,18+,20-/m1/s1. The van der Waals surface area contributed by atoms with Crippen LogP contribution in [-0.4, -0.2) is 59.0 Å². The Morgan fingerprint density at radius 3 is 2.53 bits per heavy atom. The number of halogens is 3. The molecule has 34 heavy (non-hydrogen) atoms. The summed E-state index contributed by atoms with van der Waals surface area (Å²) in [4.78, 5) is 36.5. The molecule has 0 aromatic heterocycles. The van der Waals surface area contributed by atoms with Gasteiger partial charge >= 0.3 is 18.1 Å². The zero-order chi connectivity index (χ0) is 25.6. The van der Waals surface area contributed by atoms with Crippen LogP contribution in [0.1, 0.15) is 43.1 Å². The smallest absolute Gasteiger partial charge is 0.490 e. The van der Waals surface area contributed by atoms with Crippen molar-refractivity contribution >= 4 is 29.5 Å². The van der Waals surface area contributed by atoms with Gasteiger partial charge in [-0.05, 0) is 31.6 Å². The molecule has 0 unspecified atom stereocenters. The van der Waals surface area contributed by atoms with Crippen molar-refractivity contribution in [3.63, 3.8) is 0 Å². The summed E-state index contributed by atoms with van der Waals surface area (Å²) in [5.41, 5.74) is 0.436. The highest BCUT2D eigenvalue weighted by Crippen LogP contribution is 2.30. The van der Waals surface area contributed by atoms with E-state index in [4.69, 9.17) is 4.74 Å². The monoisotopic (exact) mass is 485 g/mol. The molecule has 0 radical (unpaired) electrons. The Labute approximate surface area is 194 Å². The van der Waals surface area contributed by atoms with Crippen LogP contribution in [0.25, 0.3) is 6.08 Å². The molecular formula is C23H26F3NO7. The number of ketones is 1. The molecule has 0 aliphatic carbocycles. The molecule has 2 rings (SSSR count). The van der Waals surface area contributed by atoms with Crippen LogP contribution in [0.3, 0.4) is 0 Å². The molecule has 1 aliphatic heterocycles. The fourth-order valence-corrected chi connectivity index (χ4v) is 3.10. The minimum absolute atomic E-state index is 0.162. The quantitative estimate of drug-likeness (QED) is 0.557. The van der Waals surface area contributed by atoms with Crippen molar-refractivity contribution in [2.45, 2.75) is 51.7 Å². The van der Waals surface area contributed by atoms with Gasteiger partial charge in [-0.2, -0.15) is 13.2 Å². The predicted octanol–water partition coefficient (Wildman–Crippen LogP) is 3.38. The molecule has 4 atom stereocenters. The van der Waals surface area contributed by atoms with Crippen LogP contribution in [0.5, 0.6) is 5.75 Å². The minimum atomic E-state index is -5.33. The normalized spacial score (nSPS) is 26.0. The summed E-state index contributed by atoms with van der Waals surface area (Å²) in [7, 11) is 0. The van der Waals surface area contributed by atoms with Gasteiger partial charge in [0.05, 0.1) is 0 Å². The fourth-order valence-electron chi connectivity index (χ4n) is 3.10. The van der Waals surface area contributed by atoms with Crippen LogP contribution in [-0.2, 0) is 19.1 Å². The third-order valence-electron chi connectivity index (χ3n) is 5.13. The molecule has 1 aliphatic rings. The molecule has 0 saturated heterocycles. The second-order valence-corrected chi connectivity index (χ2v) is 7.75. The van der Waals surface area contributed by atoms with Gasteiger partial charge in [-0.15, -0.1) is 0 Å². The van der Waals surface area contributed by atoms with Gasteiger partial charge < -0.3 is 25.0 Å².